The molecular formula is C9H18N2S. The van der Waals surface area contributed by atoms with Crippen molar-refractivity contribution >= 4 is 17.2 Å². The summed E-state index contributed by atoms with van der Waals surface area (Å²) in [6.07, 6.45) is 2.19. The number of nitrogens with zero attached hydrogens (tertiary/aromatic N) is 1. The summed E-state index contributed by atoms with van der Waals surface area (Å²) in [4.78, 5) is 3.16. The van der Waals surface area contributed by atoms with E-state index in [-0.39, 0.29) is 0 Å². The van der Waals surface area contributed by atoms with Gasteiger partial charge in [-0.25, -0.2) is 0 Å². The molecule has 1 rings (SSSR count). The van der Waals surface area contributed by atoms with Crippen molar-refractivity contribution in [3.63, 3.8) is 0 Å². The highest BCUT2D eigenvalue weighted by atomic mass is 32.1. The van der Waals surface area contributed by atoms with Gasteiger partial charge in [0.05, 0.1) is 4.99 Å². The summed E-state index contributed by atoms with van der Waals surface area (Å²) >= 11 is 4.90. The first-order valence-corrected chi connectivity index (χ1v) is 5.02. The van der Waals surface area contributed by atoms with Crippen molar-refractivity contribution in [1.82, 2.24) is 4.90 Å². The molecule has 1 aliphatic heterocycles. The number of thiocarbonyl (C=S) groups is 1. The Bertz CT molecular complexity index is 168. The van der Waals surface area contributed by atoms with E-state index in [0.717, 1.165) is 6.42 Å². The second kappa shape index (κ2) is 4.19. The Morgan fingerprint density at radius 3 is 2.75 bits per heavy atom. The Balaban J connectivity index is 2.30. The van der Waals surface area contributed by atoms with E-state index in [4.69, 9.17) is 18.0 Å². The summed E-state index contributed by atoms with van der Waals surface area (Å²) in [6, 6.07) is 0.668. The molecule has 0 spiro atoms. The van der Waals surface area contributed by atoms with E-state index < -0.39 is 0 Å². The van der Waals surface area contributed by atoms with E-state index in [1.807, 2.05) is 0 Å². The Morgan fingerprint density at radius 2 is 2.33 bits per heavy atom. The Kier molecular flexibility index (Phi) is 3.47. The van der Waals surface area contributed by atoms with Crippen LogP contribution in [0.3, 0.4) is 0 Å². The first kappa shape index (κ1) is 9.93. The average molecular weight is 186 g/mol. The minimum atomic E-state index is 0.668. The molecule has 0 bridgehead atoms. The highest BCUT2D eigenvalue weighted by Gasteiger charge is 2.24. The second-order valence-electron chi connectivity index (χ2n) is 3.91. The van der Waals surface area contributed by atoms with E-state index in [1.165, 1.54) is 19.5 Å². The second-order valence-corrected chi connectivity index (χ2v) is 4.44. The van der Waals surface area contributed by atoms with Crippen molar-refractivity contribution in [1.29, 1.82) is 0 Å². The minimum absolute atomic E-state index is 0.668. The smallest absolute Gasteiger partial charge is 0.0730 e. The Labute approximate surface area is 80.1 Å². The third-order valence-electron chi connectivity index (χ3n) is 2.54. The van der Waals surface area contributed by atoms with Crippen molar-refractivity contribution in [3.8, 4) is 0 Å². The maximum absolute atomic E-state index is 5.51. The highest BCUT2D eigenvalue weighted by molar-refractivity contribution is 7.80. The molecule has 0 aromatic carbocycles. The van der Waals surface area contributed by atoms with Crippen molar-refractivity contribution in [2.24, 2.45) is 11.7 Å². The van der Waals surface area contributed by atoms with E-state index in [2.05, 4.69) is 18.7 Å². The van der Waals surface area contributed by atoms with Crippen LogP contribution in [0.15, 0.2) is 0 Å². The van der Waals surface area contributed by atoms with Crippen LogP contribution in [0, 0.1) is 5.92 Å². The summed E-state index contributed by atoms with van der Waals surface area (Å²) < 4.78 is 0. The average Bonchev–Trinajstić information content (AvgIpc) is 2.34. The number of hydrogen-bond acceptors (Lipinski definition) is 2. The fourth-order valence-electron chi connectivity index (χ4n) is 1.78. The lowest BCUT2D eigenvalue weighted by Gasteiger charge is -2.19. The molecule has 1 saturated heterocycles. The summed E-state index contributed by atoms with van der Waals surface area (Å²) in [6.45, 7) is 6.87. The molecule has 12 heavy (non-hydrogen) atoms. The molecular weight excluding hydrogens is 168 g/mol. The Morgan fingerprint density at radius 1 is 1.67 bits per heavy atom. The van der Waals surface area contributed by atoms with Crippen LogP contribution in [0.25, 0.3) is 0 Å². The van der Waals surface area contributed by atoms with Crippen LogP contribution >= 0.6 is 12.2 Å². The normalized spacial score (nSPS) is 25.1. The van der Waals surface area contributed by atoms with Crippen LogP contribution in [0.2, 0.25) is 0 Å². The van der Waals surface area contributed by atoms with Gasteiger partial charge in [-0.05, 0) is 32.7 Å². The highest BCUT2D eigenvalue weighted by Crippen LogP contribution is 2.20. The third-order valence-corrected chi connectivity index (χ3v) is 2.70. The molecule has 1 atom stereocenters. The van der Waals surface area contributed by atoms with E-state index in [1.54, 1.807) is 0 Å². The lowest BCUT2D eigenvalue weighted by atomic mass is 10.1. The zero-order valence-electron chi connectivity index (χ0n) is 7.92. The van der Waals surface area contributed by atoms with Crippen LogP contribution < -0.4 is 5.73 Å². The van der Waals surface area contributed by atoms with Crippen molar-refractivity contribution in [3.05, 3.63) is 0 Å². The van der Waals surface area contributed by atoms with Crippen molar-refractivity contribution < 1.29 is 0 Å². The van der Waals surface area contributed by atoms with Gasteiger partial charge in [-0.3, -0.25) is 0 Å². The molecule has 0 saturated carbocycles. The van der Waals surface area contributed by atoms with Gasteiger partial charge >= 0.3 is 0 Å². The van der Waals surface area contributed by atoms with E-state index in [0.29, 0.717) is 16.9 Å². The lowest BCUT2D eigenvalue weighted by Crippen LogP contribution is -2.28. The molecule has 0 aromatic rings. The molecule has 2 N–H and O–H groups in total. The predicted octanol–water partition coefficient (Wildman–Crippen LogP) is 1.39. The fraction of sp³-hybridized carbons (Fsp3) is 0.889. The molecule has 1 fully saturated rings. The molecule has 3 heteroatoms. The SMILES string of the molecule is CC(C)N1CCC(CC(N)=S)C1. The predicted molar refractivity (Wildman–Crippen MR) is 56.2 cm³/mol. The number of hydrogen-bond donors (Lipinski definition) is 1. The summed E-state index contributed by atoms with van der Waals surface area (Å²) in [7, 11) is 0. The molecule has 0 radical (unpaired) electrons. The molecule has 1 aliphatic rings. The van der Waals surface area contributed by atoms with Crippen LogP contribution in [0.4, 0.5) is 0 Å². The van der Waals surface area contributed by atoms with Gasteiger partial charge in [-0.15, -0.1) is 0 Å². The van der Waals surface area contributed by atoms with Gasteiger partial charge in [0.2, 0.25) is 0 Å². The van der Waals surface area contributed by atoms with Crippen LogP contribution in [0.5, 0.6) is 0 Å². The van der Waals surface area contributed by atoms with Gasteiger partial charge < -0.3 is 10.6 Å². The molecule has 0 aromatic heterocycles. The first-order chi connectivity index (χ1) is 5.59. The zero-order chi connectivity index (χ0) is 9.14. The number of likely N-dealkylation sites (tertiary alicyclic amines) is 1. The third kappa shape index (κ3) is 2.72. The number of nitrogens with two attached hydrogens (primary N) is 1. The molecule has 2 nitrogen and oxygen atoms in total. The molecule has 0 aliphatic carbocycles. The summed E-state index contributed by atoms with van der Waals surface area (Å²) in [5.74, 6) is 0.713. The van der Waals surface area contributed by atoms with Crippen LogP contribution in [-0.4, -0.2) is 29.0 Å². The van der Waals surface area contributed by atoms with Crippen LogP contribution in [-0.2, 0) is 0 Å². The molecule has 1 unspecified atom stereocenters. The maximum Gasteiger partial charge on any atom is 0.0730 e. The van der Waals surface area contributed by atoms with Crippen molar-refractivity contribution in [2.45, 2.75) is 32.7 Å². The van der Waals surface area contributed by atoms with Gasteiger partial charge in [-0.2, -0.15) is 0 Å². The lowest BCUT2D eigenvalue weighted by molar-refractivity contribution is 0.266. The standard InChI is InChI=1S/C9H18N2S/c1-7(2)11-4-3-8(6-11)5-9(10)12/h7-8H,3-6H2,1-2H3,(H2,10,12). The minimum Gasteiger partial charge on any atom is -0.393 e. The first-order valence-electron chi connectivity index (χ1n) is 4.62. The van der Waals surface area contributed by atoms with Gasteiger partial charge in [-0.1, -0.05) is 12.2 Å². The zero-order valence-corrected chi connectivity index (χ0v) is 8.73. The van der Waals surface area contributed by atoms with Gasteiger partial charge in [0.1, 0.15) is 0 Å². The quantitative estimate of drug-likeness (QED) is 0.675. The van der Waals surface area contributed by atoms with Crippen LogP contribution in [0.1, 0.15) is 26.7 Å². The van der Waals surface area contributed by atoms with Crippen molar-refractivity contribution in [2.75, 3.05) is 13.1 Å². The fourth-order valence-corrected chi connectivity index (χ4v) is 2.02. The van der Waals surface area contributed by atoms with E-state index in [9.17, 15) is 0 Å². The molecule has 1 heterocycles. The van der Waals surface area contributed by atoms with Gasteiger partial charge in [0.25, 0.3) is 0 Å². The maximum atomic E-state index is 5.51. The summed E-state index contributed by atoms with van der Waals surface area (Å²) in [5, 5.41) is 0. The largest absolute Gasteiger partial charge is 0.393 e. The van der Waals surface area contributed by atoms with E-state index >= 15 is 0 Å². The molecule has 70 valence electrons. The van der Waals surface area contributed by atoms with Gasteiger partial charge in [0, 0.05) is 19.0 Å². The topological polar surface area (TPSA) is 29.3 Å². The number of rotatable bonds is 3. The monoisotopic (exact) mass is 186 g/mol. The summed E-state index contributed by atoms with van der Waals surface area (Å²) in [5.41, 5.74) is 5.51. The van der Waals surface area contributed by atoms with Gasteiger partial charge in [0.15, 0.2) is 0 Å². The Hall–Kier alpha value is -0.150. The molecule has 0 amide bonds.